The molecular weight excluding hydrogens is 266 g/mol. The van der Waals surface area contributed by atoms with Crippen LogP contribution in [0.2, 0.25) is 0 Å². The molecule has 0 spiro atoms. The second-order valence-electron chi connectivity index (χ2n) is 5.72. The van der Waals surface area contributed by atoms with Crippen LogP contribution in [-0.2, 0) is 6.54 Å². The van der Waals surface area contributed by atoms with Crippen molar-refractivity contribution < 1.29 is 0 Å². The maximum Gasteiger partial charge on any atom is 0.165 e. The second kappa shape index (κ2) is 6.36. The summed E-state index contributed by atoms with van der Waals surface area (Å²) >= 11 is 0. The Balaban J connectivity index is 1.56. The van der Waals surface area contributed by atoms with Crippen molar-refractivity contribution in [1.82, 2.24) is 29.3 Å². The average Bonchev–Trinajstić information content (AvgIpc) is 2.77. The largest absolute Gasteiger partial charge is 0.382 e. The zero-order chi connectivity index (χ0) is 14.7. The van der Waals surface area contributed by atoms with Gasteiger partial charge in [0.1, 0.15) is 11.8 Å². The van der Waals surface area contributed by atoms with Crippen LogP contribution in [0, 0.1) is 0 Å². The van der Waals surface area contributed by atoms with E-state index in [1.165, 1.54) is 25.8 Å². The van der Waals surface area contributed by atoms with Gasteiger partial charge in [0.2, 0.25) is 0 Å². The molecule has 0 atom stereocenters. The van der Waals surface area contributed by atoms with Gasteiger partial charge in [0, 0.05) is 19.6 Å². The van der Waals surface area contributed by atoms with Crippen LogP contribution >= 0.6 is 0 Å². The molecule has 0 saturated carbocycles. The molecule has 21 heavy (non-hydrogen) atoms. The van der Waals surface area contributed by atoms with Gasteiger partial charge in [0.15, 0.2) is 11.5 Å². The predicted molar refractivity (Wildman–Crippen MR) is 82.9 cm³/mol. The molecule has 1 saturated heterocycles. The van der Waals surface area contributed by atoms with E-state index in [-0.39, 0.29) is 0 Å². The molecule has 0 unspecified atom stereocenters. The van der Waals surface area contributed by atoms with E-state index < -0.39 is 0 Å². The third kappa shape index (κ3) is 3.30. The Morgan fingerprint density at radius 1 is 1.10 bits per heavy atom. The molecule has 1 fully saturated rings. The Labute approximate surface area is 124 Å². The van der Waals surface area contributed by atoms with E-state index in [9.17, 15) is 0 Å². The number of nitrogen functional groups attached to an aromatic ring is 1. The fourth-order valence-corrected chi connectivity index (χ4v) is 2.85. The molecule has 0 amide bonds. The van der Waals surface area contributed by atoms with Gasteiger partial charge in [-0.05, 0) is 39.5 Å². The molecule has 3 heterocycles. The number of rotatable bonds is 4. The summed E-state index contributed by atoms with van der Waals surface area (Å²) < 4.78 is 2.07. The molecule has 3 rings (SSSR count). The van der Waals surface area contributed by atoms with Gasteiger partial charge in [-0.3, -0.25) is 0 Å². The lowest BCUT2D eigenvalue weighted by Gasteiger charge is -2.19. The number of likely N-dealkylation sites (N-methyl/N-ethyl adjacent to an activating group) is 1. The maximum absolute atomic E-state index is 5.81. The Bertz CT molecular complexity index is 594. The summed E-state index contributed by atoms with van der Waals surface area (Å²) in [6.07, 6.45) is 5.67. The zero-order valence-electron chi connectivity index (χ0n) is 12.6. The number of nitrogens with two attached hydrogens (primary N) is 1. The molecule has 0 radical (unpaired) electrons. The first-order valence-corrected chi connectivity index (χ1v) is 7.56. The van der Waals surface area contributed by atoms with E-state index in [0.717, 1.165) is 38.2 Å². The van der Waals surface area contributed by atoms with Crippen molar-refractivity contribution in [2.75, 3.05) is 45.5 Å². The summed E-state index contributed by atoms with van der Waals surface area (Å²) in [6, 6.07) is 0. The molecule has 2 N–H and O–H groups in total. The molecule has 1 aliphatic rings. The zero-order valence-corrected chi connectivity index (χ0v) is 12.6. The molecule has 1 aliphatic heterocycles. The van der Waals surface area contributed by atoms with Crippen LogP contribution in [0.1, 0.15) is 12.8 Å². The summed E-state index contributed by atoms with van der Waals surface area (Å²) in [5.74, 6) is 0.453. The highest BCUT2D eigenvalue weighted by atomic mass is 15.2. The van der Waals surface area contributed by atoms with Gasteiger partial charge in [0.25, 0.3) is 0 Å². The summed E-state index contributed by atoms with van der Waals surface area (Å²) in [6.45, 7) is 6.77. The van der Waals surface area contributed by atoms with Gasteiger partial charge in [0.05, 0.1) is 6.33 Å². The lowest BCUT2D eigenvalue weighted by atomic mass is 10.3. The number of imidazole rings is 1. The van der Waals surface area contributed by atoms with Crippen LogP contribution in [0.4, 0.5) is 5.82 Å². The molecule has 0 aliphatic carbocycles. The normalized spacial score (nSPS) is 18.1. The van der Waals surface area contributed by atoms with E-state index in [4.69, 9.17) is 5.73 Å². The molecular formula is C14H23N7. The number of nitrogens with zero attached hydrogens (tertiary/aromatic N) is 6. The first-order chi connectivity index (χ1) is 10.2. The van der Waals surface area contributed by atoms with Crippen molar-refractivity contribution in [2.45, 2.75) is 19.4 Å². The lowest BCUT2D eigenvalue weighted by Crippen LogP contribution is -2.30. The summed E-state index contributed by atoms with van der Waals surface area (Å²) in [5.41, 5.74) is 7.34. The SMILES string of the molecule is CN1CCCN(CCCn2cnc3c(N)ncnc32)CC1. The highest BCUT2D eigenvalue weighted by molar-refractivity contribution is 5.80. The Morgan fingerprint density at radius 2 is 2.00 bits per heavy atom. The fraction of sp³-hybridized carbons (Fsp3) is 0.643. The Hall–Kier alpha value is -1.73. The standard InChI is InChI=1S/C14H23N7/c1-19-4-2-5-20(9-8-19)6-3-7-21-11-18-12-13(15)16-10-17-14(12)21/h10-11H,2-9H2,1H3,(H2,15,16,17). The minimum atomic E-state index is 0.453. The molecule has 0 bridgehead atoms. The fourth-order valence-electron chi connectivity index (χ4n) is 2.85. The number of aromatic nitrogens is 4. The van der Waals surface area contributed by atoms with Gasteiger partial charge >= 0.3 is 0 Å². The maximum atomic E-state index is 5.81. The summed E-state index contributed by atoms with van der Waals surface area (Å²) in [4.78, 5) is 17.5. The third-order valence-electron chi connectivity index (χ3n) is 4.12. The van der Waals surface area contributed by atoms with Crippen molar-refractivity contribution in [3.63, 3.8) is 0 Å². The molecule has 7 heteroatoms. The van der Waals surface area contributed by atoms with E-state index in [1.807, 2.05) is 6.33 Å². The van der Waals surface area contributed by atoms with Crippen LogP contribution in [0.5, 0.6) is 0 Å². The second-order valence-corrected chi connectivity index (χ2v) is 5.72. The van der Waals surface area contributed by atoms with Crippen molar-refractivity contribution in [3.8, 4) is 0 Å². The first kappa shape index (κ1) is 14.2. The highest BCUT2D eigenvalue weighted by Crippen LogP contribution is 2.14. The van der Waals surface area contributed by atoms with Crippen LogP contribution in [-0.4, -0.2) is 69.1 Å². The minimum absolute atomic E-state index is 0.453. The molecule has 7 nitrogen and oxygen atoms in total. The number of anilines is 1. The topological polar surface area (TPSA) is 76.1 Å². The number of aryl methyl sites for hydroxylation is 1. The van der Waals surface area contributed by atoms with Crippen LogP contribution in [0.3, 0.4) is 0 Å². The Morgan fingerprint density at radius 3 is 2.90 bits per heavy atom. The number of hydrogen-bond acceptors (Lipinski definition) is 6. The van der Waals surface area contributed by atoms with Crippen LogP contribution in [0.25, 0.3) is 11.2 Å². The average molecular weight is 289 g/mol. The van der Waals surface area contributed by atoms with Gasteiger partial charge in [-0.1, -0.05) is 0 Å². The van der Waals surface area contributed by atoms with E-state index in [2.05, 4.69) is 36.4 Å². The monoisotopic (exact) mass is 289 g/mol. The molecule has 2 aromatic heterocycles. The van der Waals surface area contributed by atoms with Crippen molar-refractivity contribution in [2.24, 2.45) is 0 Å². The highest BCUT2D eigenvalue weighted by Gasteiger charge is 2.12. The first-order valence-electron chi connectivity index (χ1n) is 7.56. The van der Waals surface area contributed by atoms with E-state index in [1.54, 1.807) is 0 Å². The predicted octanol–water partition coefficient (Wildman–Crippen LogP) is 0.436. The quantitative estimate of drug-likeness (QED) is 0.880. The van der Waals surface area contributed by atoms with Gasteiger partial charge < -0.3 is 20.1 Å². The minimum Gasteiger partial charge on any atom is -0.382 e. The van der Waals surface area contributed by atoms with E-state index in [0.29, 0.717) is 11.3 Å². The lowest BCUT2D eigenvalue weighted by molar-refractivity contribution is 0.269. The third-order valence-corrected chi connectivity index (χ3v) is 4.12. The summed E-state index contributed by atoms with van der Waals surface area (Å²) in [7, 11) is 2.20. The van der Waals surface area contributed by atoms with Crippen LogP contribution in [0.15, 0.2) is 12.7 Å². The van der Waals surface area contributed by atoms with Crippen LogP contribution < -0.4 is 5.73 Å². The Kier molecular flexibility index (Phi) is 4.31. The van der Waals surface area contributed by atoms with Gasteiger partial charge in [-0.15, -0.1) is 0 Å². The van der Waals surface area contributed by atoms with Gasteiger partial charge in [-0.25, -0.2) is 15.0 Å². The van der Waals surface area contributed by atoms with Gasteiger partial charge in [-0.2, -0.15) is 0 Å². The summed E-state index contributed by atoms with van der Waals surface area (Å²) in [5, 5.41) is 0. The van der Waals surface area contributed by atoms with E-state index >= 15 is 0 Å². The number of fused-ring (bicyclic) bond motifs is 1. The molecule has 114 valence electrons. The molecule has 2 aromatic rings. The van der Waals surface area contributed by atoms with Crippen molar-refractivity contribution in [1.29, 1.82) is 0 Å². The smallest absolute Gasteiger partial charge is 0.165 e. The van der Waals surface area contributed by atoms with Crippen molar-refractivity contribution >= 4 is 17.0 Å². The molecule has 0 aromatic carbocycles. The number of hydrogen-bond donors (Lipinski definition) is 1. The van der Waals surface area contributed by atoms with Crippen molar-refractivity contribution in [3.05, 3.63) is 12.7 Å².